The molecule has 72 valence electrons. The molecule has 1 aromatic rings. The molecule has 1 unspecified atom stereocenters. The maximum absolute atomic E-state index is 9.57. The molecule has 0 fully saturated rings. The van der Waals surface area contributed by atoms with Crippen LogP contribution in [-0.2, 0) is 0 Å². The summed E-state index contributed by atoms with van der Waals surface area (Å²) in [6.07, 6.45) is 0.312. The summed E-state index contributed by atoms with van der Waals surface area (Å²) in [5, 5.41) is 9.57. The van der Waals surface area contributed by atoms with Gasteiger partial charge in [0.15, 0.2) is 0 Å². The lowest BCUT2D eigenvalue weighted by atomic mass is 10.1. The molecule has 0 radical (unpaired) electrons. The molecule has 1 N–H and O–H groups in total. The zero-order valence-electron chi connectivity index (χ0n) is 7.75. The molecule has 3 heteroatoms. The third kappa shape index (κ3) is 2.45. The minimum Gasteiger partial charge on any atom is -0.496 e. The summed E-state index contributed by atoms with van der Waals surface area (Å²) in [4.78, 5) is 0. The maximum atomic E-state index is 9.57. The highest BCUT2D eigenvalue weighted by Crippen LogP contribution is 2.28. The number of rotatable bonds is 3. The quantitative estimate of drug-likeness (QED) is 0.887. The molecule has 13 heavy (non-hydrogen) atoms. The molecule has 0 heterocycles. The van der Waals surface area contributed by atoms with E-state index < -0.39 is 6.10 Å². The standard InChI is InChI=1S/C10H13BrO2/c1-3-9(12)7-4-5-8(11)10(6-7)13-2/h4-6,9,12H,3H2,1-2H3. The third-order valence-corrected chi connectivity index (χ3v) is 2.60. The summed E-state index contributed by atoms with van der Waals surface area (Å²) in [6.45, 7) is 1.94. The van der Waals surface area contributed by atoms with Gasteiger partial charge in [0.05, 0.1) is 17.7 Å². The summed E-state index contributed by atoms with van der Waals surface area (Å²) in [5.41, 5.74) is 0.891. The second kappa shape index (κ2) is 4.63. The summed E-state index contributed by atoms with van der Waals surface area (Å²) in [5.74, 6) is 0.755. The molecule has 0 aliphatic heterocycles. The molecule has 1 rings (SSSR count). The van der Waals surface area contributed by atoms with Gasteiger partial charge in [0.2, 0.25) is 0 Å². The molecule has 0 aliphatic rings. The van der Waals surface area contributed by atoms with Crippen LogP contribution in [0.15, 0.2) is 22.7 Å². The van der Waals surface area contributed by atoms with Crippen molar-refractivity contribution in [2.24, 2.45) is 0 Å². The van der Waals surface area contributed by atoms with Gasteiger partial charge in [0, 0.05) is 0 Å². The van der Waals surface area contributed by atoms with Crippen LogP contribution in [0, 0.1) is 0 Å². The van der Waals surface area contributed by atoms with Gasteiger partial charge in [-0.2, -0.15) is 0 Å². The van der Waals surface area contributed by atoms with Crippen LogP contribution in [0.5, 0.6) is 5.75 Å². The van der Waals surface area contributed by atoms with E-state index in [-0.39, 0.29) is 0 Å². The lowest BCUT2D eigenvalue weighted by molar-refractivity contribution is 0.173. The summed E-state index contributed by atoms with van der Waals surface area (Å²) < 4.78 is 6.03. The zero-order valence-corrected chi connectivity index (χ0v) is 9.34. The zero-order chi connectivity index (χ0) is 9.84. The van der Waals surface area contributed by atoms with Crippen molar-refractivity contribution in [2.75, 3.05) is 7.11 Å². The van der Waals surface area contributed by atoms with E-state index in [0.717, 1.165) is 15.8 Å². The molecule has 1 aromatic carbocycles. The first-order valence-corrected chi connectivity index (χ1v) is 4.99. The number of benzene rings is 1. The largest absolute Gasteiger partial charge is 0.496 e. The lowest BCUT2D eigenvalue weighted by Crippen LogP contribution is -1.96. The van der Waals surface area contributed by atoms with Crippen molar-refractivity contribution in [3.05, 3.63) is 28.2 Å². The highest BCUT2D eigenvalue weighted by molar-refractivity contribution is 9.10. The van der Waals surface area contributed by atoms with Gasteiger partial charge in [0.1, 0.15) is 5.75 Å². The fourth-order valence-corrected chi connectivity index (χ4v) is 1.53. The molecule has 2 nitrogen and oxygen atoms in total. The van der Waals surface area contributed by atoms with Crippen molar-refractivity contribution in [3.8, 4) is 5.75 Å². The van der Waals surface area contributed by atoms with Crippen LogP contribution < -0.4 is 4.74 Å². The lowest BCUT2D eigenvalue weighted by Gasteiger charge is -2.10. The molecular formula is C10H13BrO2. The average molecular weight is 245 g/mol. The van der Waals surface area contributed by atoms with Crippen LogP contribution in [0.3, 0.4) is 0 Å². The van der Waals surface area contributed by atoms with Crippen molar-refractivity contribution >= 4 is 15.9 Å². The Hall–Kier alpha value is -0.540. The Morgan fingerprint density at radius 2 is 2.23 bits per heavy atom. The van der Waals surface area contributed by atoms with Gasteiger partial charge in [-0.1, -0.05) is 13.0 Å². The van der Waals surface area contributed by atoms with Gasteiger partial charge < -0.3 is 9.84 Å². The molecule has 1 atom stereocenters. The Morgan fingerprint density at radius 1 is 1.54 bits per heavy atom. The van der Waals surface area contributed by atoms with Crippen molar-refractivity contribution in [2.45, 2.75) is 19.4 Å². The smallest absolute Gasteiger partial charge is 0.133 e. The molecule has 0 spiro atoms. The molecule has 0 aromatic heterocycles. The molecule has 0 amide bonds. The maximum Gasteiger partial charge on any atom is 0.133 e. The second-order valence-electron chi connectivity index (χ2n) is 2.82. The molecular weight excluding hydrogens is 232 g/mol. The van der Waals surface area contributed by atoms with Gasteiger partial charge in [-0.3, -0.25) is 0 Å². The fourth-order valence-electron chi connectivity index (χ4n) is 1.12. The Balaban J connectivity index is 2.99. The van der Waals surface area contributed by atoms with Crippen LogP contribution >= 0.6 is 15.9 Å². The number of hydrogen-bond donors (Lipinski definition) is 1. The summed E-state index contributed by atoms with van der Waals surface area (Å²) in [7, 11) is 1.61. The predicted octanol–water partition coefficient (Wildman–Crippen LogP) is 2.90. The first-order valence-electron chi connectivity index (χ1n) is 4.20. The van der Waals surface area contributed by atoms with E-state index in [0.29, 0.717) is 6.42 Å². The fraction of sp³-hybridized carbons (Fsp3) is 0.400. The monoisotopic (exact) mass is 244 g/mol. The van der Waals surface area contributed by atoms with Gasteiger partial charge in [-0.05, 0) is 40.0 Å². The SMILES string of the molecule is CCC(O)c1ccc(Br)c(OC)c1. The van der Waals surface area contributed by atoms with E-state index in [1.54, 1.807) is 7.11 Å². The number of aliphatic hydroxyl groups is 1. The first kappa shape index (κ1) is 10.5. The number of methoxy groups -OCH3 is 1. The van der Waals surface area contributed by atoms with E-state index in [4.69, 9.17) is 4.74 Å². The van der Waals surface area contributed by atoms with Crippen LogP contribution in [-0.4, -0.2) is 12.2 Å². The Morgan fingerprint density at radius 3 is 2.77 bits per heavy atom. The summed E-state index contributed by atoms with van der Waals surface area (Å²) in [6, 6.07) is 5.62. The second-order valence-corrected chi connectivity index (χ2v) is 3.67. The highest BCUT2D eigenvalue weighted by Gasteiger charge is 2.07. The van der Waals surface area contributed by atoms with Crippen LogP contribution in [0.2, 0.25) is 0 Å². The van der Waals surface area contributed by atoms with Crippen molar-refractivity contribution in [1.82, 2.24) is 0 Å². The highest BCUT2D eigenvalue weighted by atomic mass is 79.9. The first-order chi connectivity index (χ1) is 6.19. The Bertz CT molecular complexity index is 286. The minimum atomic E-state index is -0.401. The van der Waals surface area contributed by atoms with Crippen LogP contribution in [0.25, 0.3) is 0 Å². The topological polar surface area (TPSA) is 29.5 Å². The minimum absolute atomic E-state index is 0.401. The summed E-state index contributed by atoms with van der Waals surface area (Å²) >= 11 is 3.35. The van der Waals surface area contributed by atoms with E-state index in [1.165, 1.54) is 0 Å². The van der Waals surface area contributed by atoms with Crippen LogP contribution in [0.4, 0.5) is 0 Å². The normalized spacial score (nSPS) is 12.6. The van der Waals surface area contributed by atoms with Gasteiger partial charge in [0.25, 0.3) is 0 Å². The number of ether oxygens (including phenoxy) is 1. The van der Waals surface area contributed by atoms with E-state index in [9.17, 15) is 5.11 Å². The van der Waals surface area contributed by atoms with Crippen molar-refractivity contribution in [3.63, 3.8) is 0 Å². The van der Waals surface area contributed by atoms with Gasteiger partial charge in [-0.15, -0.1) is 0 Å². The van der Waals surface area contributed by atoms with E-state index >= 15 is 0 Å². The molecule has 0 saturated heterocycles. The van der Waals surface area contributed by atoms with Crippen LogP contribution in [0.1, 0.15) is 25.0 Å². The number of aliphatic hydroxyl groups excluding tert-OH is 1. The molecule has 0 bridgehead atoms. The van der Waals surface area contributed by atoms with Gasteiger partial charge in [-0.25, -0.2) is 0 Å². The Labute approximate surface area is 86.7 Å². The van der Waals surface area contributed by atoms with E-state index in [2.05, 4.69) is 15.9 Å². The van der Waals surface area contributed by atoms with Gasteiger partial charge >= 0.3 is 0 Å². The third-order valence-electron chi connectivity index (χ3n) is 1.95. The molecule has 0 saturated carbocycles. The van der Waals surface area contributed by atoms with Crippen molar-refractivity contribution < 1.29 is 9.84 Å². The number of halogens is 1. The Kier molecular flexibility index (Phi) is 3.75. The number of hydrogen-bond acceptors (Lipinski definition) is 2. The van der Waals surface area contributed by atoms with E-state index in [1.807, 2.05) is 25.1 Å². The average Bonchev–Trinajstić information content (AvgIpc) is 2.17. The van der Waals surface area contributed by atoms with Crippen molar-refractivity contribution in [1.29, 1.82) is 0 Å². The predicted molar refractivity (Wildman–Crippen MR) is 55.9 cm³/mol. The molecule has 0 aliphatic carbocycles.